The van der Waals surface area contributed by atoms with E-state index in [4.69, 9.17) is 11.5 Å². The number of nitrogen functional groups attached to an aromatic ring is 1. The Hall–Kier alpha value is -3.13. The molecule has 0 aliphatic carbocycles. The Kier molecular flexibility index (Phi) is 8.81. The van der Waals surface area contributed by atoms with Gasteiger partial charge in [-0.3, -0.25) is 0 Å². The molecule has 0 amide bonds. The summed E-state index contributed by atoms with van der Waals surface area (Å²) in [6, 6.07) is 7.08. The summed E-state index contributed by atoms with van der Waals surface area (Å²) in [5, 5.41) is 3.33. The lowest BCUT2D eigenvalue weighted by atomic mass is 10.1. The number of fused-ring (bicyclic) bond motifs is 1. The highest BCUT2D eigenvalue weighted by molar-refractivity contribution is 6.03. The van der Waals surface area contributed by atoms with Crippen LogP contribution in [0.25, 0.3) is 5.65 Å². The lowest BCUT2D eigenvalue weighted by Crippen LogP contribution is -2.43. The molecule has 0 atom stereocenters. The predicted molar refractivity (Wildman–Crippen MR) is 129 cm³/mol. The van der Waals surface area contributed by atoms with E-state index in [-0.39, 0.29) is 11.5 Å². The number of nitrogens with one attached hydrogen (secondary N) is 1. The first kappa shape index (κ1) is 24.1. The van der Waals surface area contributed by atoms with Gasteiger partial charge in [0.2, 0.25) is 0 Å². The topological polar surface area (TPSA) is 97.0 Å². The van der Waals surface area contributed by atoms with Crippen molar-refractivity contribution in [2.24, 2.45) is 10.7 Å². The summed E-state index contributed by atoms with van der Waals surface area (Å²) < 4.78 is 15.8. The highest BCUT2D eigenvalue weighted by Gasteiger charge is 2.13. The zero-order valence-corrected chi connectivity index (χ0v) is 19.1. The number of aromatic nitrogens is 2. The molecular weight excluding hydrogens is 393 g/mol. The van der Waals surface area contributed by atoms with Crippen LogP contribution >= 0.6 is 0 Å². The molecule has 3 aromatic rings. The molecule has 4 rings (SSSR count). The van der Waals surface area contributed by atoms with Gasteiger partial charge < -0.3 is 26.1 Å². The summed E-state index contributed by atoms with van der Waals surface area (Å²) in [4.78, 5) is 10.8. The van der Waals surface area contributed by atoms with Crippen LogP contribution in [0.4, 0.5) is 21.5 Å². The number of anilines is 2. The average molecular weight is 428 g/mol. The molecule has 3 heterocycles. The van der Waals surface area contributed by atoms with Crippen LogP contribution in [-0.2, 0) is 0 Å². The van der Waals surface area contributed by atoms with Crippen LogP contribution in [0.2, 0.25) is 0 Å². The molecule has 0 radical (unpaired) electrons. The van der Waals surface area contributed by atoms with Crippen molar-refractivity contribution in [3.05, 3.63) is 53.7 Å². The van der Waals surface area contributed by atoms with Gasteiger partial charge in [-0.2, -0.15) is 0 Å². The minimum Gasteiger partial charge on any atom is -0.398 e. The molecule has 0 saturated carbocycles. The third-order valence-corrected chi connectivity index (χ3v) is 4.66. The van der Waals surface area contributed by atoms with Crippen LogP contribution < -0.4 is 21.7 Å². The zero-order valence-electron chi connectivity index (χ0n) is 19.1. The van der Waals surface area contributed by atoms with Crippen LogP contribution in [0, 0.1) is 12.7 Å². The first-order valence-electron chi connectivity index (χ1n) is 10.9. The summed E-state index contributed by atoms with van der Waals surface area (Å²) >= 11 is 0. The molecule has 0 spiro atoms. The highest BCUT2D eigenvalue weighted by atomic mass is 19.1. The van der Waals surface area contributed by atoms with Gasteiger partial charge in [0, 0.05) is 61.6 Å². The molecule has 31 heavy (non-hydrogen) atoms. The Morgan fingerprint density at radius 2 is 1.77 bits per heavy atom. The Morgan fingerprint density at radius 3 is 2.42 bits per heavy atom. The zero-order chi connectivity index (χ0) is 23.0. The van der Waals surface area contributed by atoms with Crippen molar-refractivity contribution in [3.8, 4) is 0 Å². The fourth-order valence-corrected chi connectivity index (χ4v) is 3.33. The number of imidazole rings is 1. The van der Waals surface area contributed by atoms with Crippen LogP contribution in [0.15, 0.2) is 41.7 Å². The van der Waals surface area contributed by atoms with E-state index in [1.807, 2.05) is 52.8 Å². The molecule has 1 aliphatic heterocycles. The lowest BCUT2D eigenvalue weighted by molar-refractivity contribution is 0.589. The summed E-state index contributed by atoms with van der Waals surface area (Å²) in [6.07, 6.45) is 3.43. The number of pyridine rings is 1. The van der Waals surface area contributed by atoms with E-state index >= 15 is 0 Å². The molecule has 168 valence electrons. The second-order valence-corrected chi connectivity index (χ2v) is 6.67. The van der Waals surface area contributed by atoms with Gasteiger partial charge in [0.05, 0.1) is 11.4 Å². The summed E-state index contributed by atoms with van der Waals surface area (Å²) in [7, 11) is 0. The average Bonchev–Trinajstić information content (AvgIpc) is 3.18. The molecule has 2 aromatic heterocycles. The third-order valence-electron chi connectivity index (χ3n) is 4.66. The van der Waals surface area contributed by atoms with Crippen molar-refractivity contribution in [2.45, 2.75) is 34.6 Å². The number of nitrogens with zero attached hydrogens (tertiary/aromatic N) is 4. The number of aliphatic imine (C=N–C) groups is 1. The maximum atomic E-state index is 14.2. The molecule has 1 aliphatic rings. The quantitative estimate of drug-likeness (QED) is 0.335. The van der Waals surface area contributed by atoms with E-state index in [1.54, 1.807) is 16.8 Å². The summed E-state index contributed by atoms with van der Waals surface area (Å²) in [5.41, 5.74) is 16.0. The van der Waals surface area contributed by atoms with Crippen LogP contribution in [-0.4, -0.2) is 41.4 Å². The van der Waals surface area contributed by atoms with Crippen molar-refractivity contribution < 1.29 is 4.39 Å². The number of nitrogens with two attached hydrogens (primary N) is 2. The van der Waals surface area contributed by atoms with Gasteiger partial charge in [-0.15, -0.1) is 0 Å². The monoisotopic (exact) mass is 427 g/mol. The second kappa shape index (κ2) is 11.3. The normalized spacial score (nSPS) is 13.9. The molecule has 8 heteroatoms. The number of aryl methyl sites for hydroxylation is 1. The number of amidine groups is 1. The fourth-order valence-electron chi connectivity index (χ4n) is 3.33. The van der Waals surface area contributed by atoms with E-state index in [2.05, 4.69) is 20.2 Å². The van der Waals surface area contributed by atoms with E-state index in [0.717, 1.165) is 37.6 Å². The van der Waals surface area contributed by atoms with E-state index in [0.29, 0.717) is 16.9 Å². The van der Waals surface area contributed by atoms with Gasteiger partial charge in [0.15, 0.2) is 11.5 Å². The number of hydrogen-bond donors (Lipinski definition) is 3. The Morgan fingerprint density at radius 1 is 1.10 bits per heavy atom. The number of halogens is 1. The van der Waals surface area contributed by atoms with Gasteiger partial charge in [-0.1, -0.05) is 27.7 Å². The van der Waals surface area contributed by atoms with Gasteiger partial charge in [0.25, 0.3) is 0 Å². The molecule has 1 saturated heterocycles. The number of piperazine rings is 1. The predicted octanol–water partition coefficient (Wildman–Crippen LogP) is 3.86. The molecule has 0 unspecified atom stereocenters. The van der Waals surface area contributed by atoms with Gasteiger partial charge in [-0.05, 0) is 25.1 Å². The minimum absolute atomic E-state index is 0.245. The number of benzene rings is 1. The Balaban J connectivity index is 0.000000807. The van der Waals surface area contributed by atoms with Crippen molar-refractivity contribution in [1.82, 2.24) is 14.7 Å². The molecule has 1 aromatic carbocycles. The summed E-state index contributed by atoms with van der Waals surface area (Å²) in [5.74, 6) is -0.200. The maximum absolute atomic E-state index is 14.2. The SMILES string of the molecule is CC.CC.Cc1cn2cc(N=C(N)c3ccc(N4CCNCC4)cc3N)cc(F)c2n1. The minimum atomic E-state index is -0.445. The van der Waals surface area contributed by atoms with Gasteiger partial charge in [-0.25, -0.2) is 14.4 Å². The van der Waals surface area contributed by atoms with Crippen molar-refractivity contribution in [2.75, 3.05) is 36.8 Å². The van der Waals surface area contributed by atoms with Crippen LogP contribution in [0.5, 0.6) is 0 Å². The highest BCUT2D eigenvalue weighted by Crippen LogP contribution is 2.24. The largest absolute Gasteiger partial charge is 0.398 e. The van der Waals surface area contributed by atoms with E-state index < -0.39 is 5.82 Å². The second-order valence-electron chi connectivity index (χ2n) is 6.67. The third kappa shape index (κ3) is 5.73. The Labute approximate surface area is 184 Å². The van der Waals surface area contributed by atoms with Crippen LogP contribution in [0.1, 0.15) is 39.0 Å². The van der Waals surface area contributed by atoms with Crippen molar-refractivity contribution in [1.29, 1.82) is 0 Å². The molecule has 5 N–H and O–H groups in total. The van der Waals surface area contributed by atoms with E-state index in [1.165, 1.54) is 6.07 Å². The Bertz CT molecular complexity index is 1020. The van der Waals surface area contributed by atoms with Crippen molar-refractivity contribution >= 4 is 28.5 Å². The first-order chi connectivity index (χ1) is 15.0. The number of rotatable bonds is 3. The lowest BCUT2D eigenvalue weighted by Gasteiger charge is -2.29. The summed E-state index contributed by atoms with van der Waals surface area (Å²) in [6.45, 7) is 13.6. The van der Waals surface area contributed by atoms with Gasteiger partial charge in [0.1, 0.15) is 5.84 Å². The van der Waals surface area contributed by atoms with Gasteiger partial charge >= 0.3 is 0 Å². The fraction of sp³-hybridized carbons (Fsp3) is 0.391. The van der Waals surface area contributed by atoms with Crippen molar-refractivity contribution in [3.63, 3.8) is 0 Å². The molecule has 7 nitrogen and oxygen atoms in total. The van der Waals surface area contributed by atoms with Crippen LogP contribution in [0.3, 0.4) is 0 Å². The van der Waals surface area contributed by atoms with E-state index in [9.17, 15) is 4.39 Å². The maximum Gasteiger partial charge on any atom is 0.173 e. The molecule has 0 bridgehead atoms. The molecular formula is C23H34FN7. The first-order valence-corrected chi connectivity index (χ1v) is 10.9. The smallest absolute Gasteiger partial charge is 0.173 e. The standard InChI is InChI=1S/C19H22FN7.2C2H6/c1-12-10-27-11-13(8-16(20)19(27)24-12)25-18(22)15-3-2-14(9-17(15)21)26-6-4-23-5-7-26;2*1-2/h2-3,8-11,23H,4-7,21H2,1H3,(H2,22,25);2*1-2H3. The molecule has 1 fully saturated rings. The number of hydrogen-bond acceptors (Lipinski definition) is 5.